The Bertz CT molecular complexity index is 3420. The molecule has 0 saturated carbocycles. The van der Waals surface area contributed by atoms with E-state index in [0.29, 0.717) is 51.8 Å². The van der Waals surface area contributed by atoms with E-state index in [-0.39, 0.29) is 11.1 Å². The molecule has 0 atom stereocenters. The average molecular weight is 981 g/mol. The van der Waals surface area contributed by atoms with Crippen molar-refractivity contribution in [3.8, 4) is 51.4 Å². The van der Waals surface area contributed by atoms with Crippen LogP contribution in [-0.2, 0) is 35.4 Å². The molecule has 0 radical (unpaired) electrons. The lowest BCUT2D eigenvalue weighted by Gasteiger charge is -2.29. The summed E-state index contributed by atoms with van der Waals surface area (Å²) in [6, 6.07) is 38.6. The Kier molecular flexibility index (Phi) is 13.5. The summed E-state index contributed by atoms with van der Waals surface area (Å²) < 4.78 is 42.3. The largest absolute Gasteiger partial charge is 0.481 e. The number of methoxy groups -OCH3 is 1. The summed E-state index contributed by atoms with van der Waals surface area (Å²) in [7, 11) is 1.62. The van der Waals surface area contributed by atoms with E-state index < -0.39 is 5.95 Å². The summed E-state index contributed by atoms with van der Waals surface area (Å²) >= 11 is 0. The molecule has 0 aliphatic carbocycles. The molecule has 4 aromatic carbocycles. The van der Waals surface area contributed by atoms with Gasteiger partial charge in [0.25, 0.3) is 0 Å². The number of hydrogen-bond donors (Lipinski definition) is 4. The lowest BCUT2D eigenvalue weighted by atomic mass is 9.96. The van der Waals surface area contributed by atoms with E-state index in [1.807, 2.05) is 78.9 Å². The van der Waals surface area contributed by atoms with E-state index in [2.05, 4.69) is 58.6 Å². The standard InChI is InChI=1S/C29H28N4O4.C28H25FN4O3/c1-35-28-13-19(7-8-30-28)18-31-22-5-6-26-21(15-22)14-20-3-2-4-24(29(20)37-26)25-16-23(17-27(34)32-25)33-9-11-36-12-10-33;29-26-12-18(6-7-30-26)17-31-21-4-5-25-20(14-21)13-19-2-1-3-23(28(19)36-25)24-15-22(16-27(34)32-24)33-8-10-35-11-9-33/h2-8,13,15-17,31H,9-12,14,18H2,1H3,(H,32,34);1-7,12,14-16,31H,8-11,13,17H2,(H,32,34). The fraction of sp³-hybridized carbons (Fsp3) is 0.228. The number of aromatic amines is 2. The van der Waals surface area contributed by atoms with Crippen molar-refractivity contribution in [2.45, 2.75) is 25.9 Å². The van der Waals surface area contributed by atoms with Gasteiger partial charge in [-0.05, 0) is 101 Å². The van der Waals surface area contributed by atoms with E-state index in [9.17, 15) is 14.0 Å². The summed E-state index contributed by atoms with van der Waals surface area (Å²) in [5.41, 5.74) is 12.9. The summed E-state index contributed by atoms with van der Waals surface area (Å²) in [5.74, 6) is 3.26. The van der Waals surface area contributed by atoms with Gasteiger partial charge >= 0.3 is 0 Å². The number of aromatic nitrogens is 4. The number of pyridine rings is 4. The molecule has 2 saturated heterocycles. The number of morpholine rings is 2. The van der Waals surface area contributed by atoms with E-state index in [1.54, 1.807) is 31.5 Å². The first-order chi connectivity index (χ1) is 35.8. The first-order valence-corrected chi connectivity index (χ1v) is 24.4. The molecular formula is C57H53FN8O7. The van der Waals surface area contributed by atoms with Crippen LogP contribution >= 0.6 is 0 Å². The van der Waals surface area contributed by atoms with Gasteiger partial charge in [0.05, 0.1) is 44.9 Å². The van der Waals surface area contributed by atoms with Gasteiger partial charge in [0.1, 0.15) is 23.0 Å². The van der Waals surface area contributed by atoms with Crippen LogP contribution < -0.4 is 45.8 Å². The monoisotopic (exact) mass is 980 g/mol. The Balaban J connectivity index is 0.000000157. The van der Waals surface area contributed by atoms with Crippen molar-refractivity contribution in [3.63, 3.8) is 0 Å². The Morgan fingerprint density at radius 1 is 0.575 bits per heavy atom. The molecule has 73 heavy (non-hydrogen) atoms. The maximum Gasteiger partial charge on any atom is 0.250 e. The van der Waals surface area contributed by atoms with Crippen molar-refractivity contribution in [3.05, 3.63) is 194 Å². The molecule has 4 aromatic heterocycles. The third-order valence-corrected chi connectivity index (χ3v) is 13.3. The zero-order valence-corrected chi connectivity index (χ0v) is 40.2. The van der Waals surface area contributed by atoms with Crippen LogP contribution in [0.1, 0.15) is 33.4 Å². The minimum atomic E-state index is -0.489. The molecule has 12 rings (SSSR count). The van der Waals surface area contributed by atoms with Gasteiger partial charge in [0, 0.05) is 128 Å². The van der Waals surface area contributed by atoms with E-state index in [1.165, 1.54) is 12.3 Å². The third kappa shape index (κ3) is 10.8. The minimum absolute atomic E-state index is 0.129. The highest BCUT2D eigenvalue weighted by molar-refractivity contribution is 5.76. The molecule has 0 bridgehead atoms. The van der Waals surface area contributed by atoms with E-state index >= 15 is 0 Å². The maximum absolute atomic E-state index is 13.4. The molecule has 4 N–H and O–H groups in total. The minimum Gasteiger partial charge on any atom is -0.481 e. The zero-order chi connectivity index (χ0) is 49.7. The highest BCUT2D eigenvalue weighted by atomic mass is 19.1. The Labute approximate surface area is 420 Å². The molecule has 15 nitrogen and oxygen atoms in total. The second-order valence-corrected chi connectivity index (χ2v) is 18.1. The average Bonchev–Trinajstić information content (AvgIpc) is 3.43. The van der Waals surface area contributed by atoms with Gasteiger partial charge < -0.3 is 54.1 Å². The van der Waals surface area contributed by atoms with Crippen molar-refractivity contribution >= 4 is 22.7 Å². The van der Waals surface area contributed by atoms with Crippen LogP contribution in [-0.4, -0.2) is 79.7 Å². The number of para-hydroxylation sites is 2. The van der Waals surface area contributed by atoms with Gasteiger partial charge in [0.2, 0.25) is 22.9 Å². The number of nitrogens with one attached hydrogen (secondary N) is 4. The normalized spacial score (nSPS) is 14.4. The Morgan fingerprint density at radius 3 is 1.56 bits per heavy atom. The molecule has 370 valence electrons. The van der Waals surface area contributed by atoms with Crippen LogP contribution in [0, 0.1) is 5.95 Å². The van der Waals surface area contributed by atoms with Gasteiger partial charge in [-0.15, -0.1) is 0 Å². The number of fused-ring (bicyclic) bond motifs is 4. The molecule has 4 aliphatic heterocycles. The molecule has 0 amide bonds. The summed E-state index contributed by atoms with van der Waals surface area (Å²) in [6.45, 7) is 6.83. The second-order valence-electron chi connectivity index (χ2n) is 18.1. The van der Waals surface area contributed by atoms with Gasteiger partial charge in [-0.25, -0.2) is 9.97 Å². The van der Waals surface area contributed by atoms with Gasteiger partial charge in [-0.2, -0.15) is 4.39 Å². The van der Waals surface area contributed by atoms with Gasteiger partial charge in [-0.1, -0.05) is 24.3 Å². The molecule has 16 heteroatoms. The SMILES string of the molecule is COc1cc(CNc2ccc3c(c2)Cc2cccc(-c4cc(N5CCOCC5)cc(=O)[nH]4)c2O3)ccn1.O=c1cc(N2CCOCC2)cc(-c2cccc3c2Oc2ccc(NCc4ccnc(F)c4)cc2C3)[nH]1. The van der Waals surface area contributed by atoms with Gasteiger partial charge in [-0.3, -0.25) is 9.59 Å². The lowest BCUT2D eigenvalue weighted by Crippen LogP contribution is -2.36. The van der Waals surface area contributed by atoms with Crippen molar-refractivity contribution in [2.24, 2.45) is 0 Å². The highest BCUT2D eigenvalue weighted by Gasteiger charge is 2.25. The number of hydrogen-bond acceptors (Lipinski definition) is 13. The Morgan fingerprint density at radius 2 is 1.07 bits per heavy atom. The van der Waals surface area contributed by atoms with Crippen molar-refractivity contribution < 1.29 is 28.1 Å². The fourth-order valence-electron chi connectivity index (χ4n) is 9.59. The zero-order valence-electron chi connectivity index (χ0n) is 40.2. The maximum atomic E-state index is 13.4. The van der Waals surface area contributed by atoms with Crippen LogP contribution in [0.5, 0.6) is 28.9 Å². The number of halogens is 1. The van der Waals surface area contributed by atoms with Crippen LogP contribution in [0.3, 0.4) is 0 Å². The number of ether oxygens (including phenoxy) is 5. The van der Waals surface area contributed by atoms with Crippen LogP contribution in [0.4, 0.5) is 27.1 Å². The van der Waals surface area contributed by atoms with E-state index in [0.717, 1.165) is 134 Å². The predicted octanol–water partition coefficient (Wildman–Crippen LogP) is 9.31. The number of H-pyrrole nitrogens is 2. The summed E-state index contributed by atoms with van der Waals surface area (Å²) in [4.78, 5) is 43.2. The first kappa shape index (κ1) is 46.9. The quantitative estimate of drug-likeness (QED) is 0.0907. The molecule has 4 aliphatic rings. The van der Waals surface area contributed by atoms with Crippen LogP contribution in [0.15, 0.2) is 143 Å². The molecule has 8 aromatic rings. The number of anilines is 4. The molecule has 0 unspecified atom stereocenters. The third-order valence-electron chi connectivity index (χ3n) is 13.3. The van der Waals surface area contributed by atoms with Crippen LogP contribution in [0.25, 0.3) is 22.5 Å². The van der Waals surface area contributed by atoms with Crippen LogP contribution in [0.2, 0.25) is 0 Å². The molecule has 0 spiro atoms. The van der Waals surface area contributed by atoms with Crippen molar-refractivity contribution in [2.75, 3.05) is 80.1 Å². The van der Waals surface area contributed by atoms with Crippen molar-refractivity contribution in [1.29, 1.82) is 0 Å². The van der Waals surface area contributed by atoms with Gasteiger partial charge in [0.15, 0.2) is 0 Å². The molecular weight excluding hydrogens is 928 g/mol. The topological polar surface area (TPSA) is 168 Å². The Hall–Kier alpha value is -8.47. The fourth-order valence-corrected chi connectivity index (χ4v) is 9.59. The highest BCUT2D eigenvalue weighted by Crippen LogP contribution is 2.45. The molecule has 8 heterocycles. The number of rotatable bonds is 11. The first-order valence-electron chi connectivity index (χ1n) is 24.4. The number of nitrogens with zero attached hydrogens (tertiary/aromatic N) is 4. The smallest absolute Gasteiger partial charge is 0.250 e. The second kappa shape index (κ2) is 21.1. The van der Waals surface area contributed by atoms with Crippen molar-refractivity contribution in [1.82, 2.24) is 19.9 Å². The summed E-state index contributed by atoms with van der Waals surface area (Å²) in [5, 5.41) is 6.81. The summed E-state index contributed by atoms with van der Waals surface area (Å²) in [6.07, 6.45) is 4.65. The predicted molar refractivity (Wildman–Crippen MR) is 279 cm³/mol. The number of benzene rings is 4. The lowest BCUT2D eigenvalue weighted by molar-refractivity contribution is 0.122. The van der Waals surface area contributed by atoms with E-state index in [4.69, 9.17) is 23.7 Å². The molecule has 2 fully saturated rings.